The van der Waals surface area contributed by atoms with Crippen LogP contribution in [0.25, 0.3) is 0 Å². The predicted octanol–water partition coefficient (Wildman–Crippen LogP) is 1.80. The molecule has 0 aliphatic rings. The van der Waals surface area contributed by atoms with Crippen LogP contribution in [0, 0.1) is 5.92 Å². The Hall–Kier alpha value is -1.14. The molecule has 116 valence electrons. The van der Waals surface area contributed by atoms with Gasteiger partial charge >= 0.3 is 6.01 Å². The first-order valence-corrected chi connectivity index (χ1v) is 7.52. The van der Waals surface area contributed by atoms with E-state index in [1.165, 1.54) is 0 Å². The lowest BCUT2D eigenvalue weighted by Crippen LogP contribution is -2.37. The quantitative estimate of drug-likeness (QED) is 0.682. The number of aliphatic hydroxyl groups is 1. The van der Waals surface area contributed by atoms with E-state index in [0.717, 1.165) is 19.4 Å². The van der Waals surface area contributed by atoms with Crippen molar-refractivity contribution in [3.63, 3.8) is 0 Å². The van der Waals surface area contributed by atoms with E-state index in [2.05, 4.69) is 43.2 Å². The number of hydrogen-bond donors (Lipinski definition) is 2. The van der Waals surface area contributed by atoms with Crippen molar-refractivity contribution in [1.29, 1.82) is 0 Å². The summed E-state index contributed by atoms with van der Waals surface area (Å²) in [7, 11) is 0. The van der Waals surface area contributed by atoms with Gasteiger partial charge in [-0.25, -0.2) is 0 Å². The van der Waals surface area contributed by atoms with Crippen molar-refractivity contribution in [3.05, 3.63) is 5.89 Å². The fourth-order valence-electron chi connectivity index (χ4n) is 2.17. The molecule has 0 saturated carbocycles. The van der Waals surface area contributed by atoms with Crippen LogP contribution in [-0.4, -0.2) is 41.0 Å². The minimum Gasteiger partial charge on any atom is -0.407 e. The molecule has 0 aromatic carbocycles. The standard InChI is InChI=1S/C14H28N4O2/c1-5-12(6-2)18(7-8-19)14-17-16-13(20-14)10-15-9-11(3)4/h11-12,15,19H,5-10H2,1-4H3. The average Bonchev–Trinajstić information content (AvgIpc) is 2.87. The van der Waals surface area contributed by atoms with E-state index < -0.39 is 0 Å². The summed E-state index contributed by atoms with van der Waals surface area (Å²) in [6.45, 7) is 10.7. The number of aromatic nitrogens is 2. The van der Waals surface area contributed by atoms with Crippen LogP contribution >= 0.6 is 0 Å². The molecule has 2 N–H and O–H groups in total. The average molecular weight is 284 g/mol. The van der Waals surface area contributed by atoms with Crippen LogP contribution in [0.4, 0.5) is 6.01 Å². The summed E-state index contributed by atoms with van der Waals surface area (Å²) in [5, 5.41) is 20.7. The first-order valence-electron chi connectivity index (χ1n) is 7.52. The van der Waals surface area contributed by atoms with Crippen molar-refractivity contribution < 1.29 is 9.52 Å². The highest BCUT2D eigenvalue weighted by atomic mass is 16.4. The molecule has 0 aliphatic carbocycles. The first kappa shape index (κ1) is 16.9. The van der Waals surface area contributed by atoms with Gasteiger partial charge in [0.15, 0.2) is 0 Å². The Bertz CT molecular complexity index is 364. The van der Waals surface area contributed by atoms with Crippen LogP contribution in [0.3, 0.4) is 0 Å². The lowest BCUT2D eigenvalue weighted by Gasteiger charge is -2.27. The maximum Gasteiger partial charge on any atom is 0.318 e. The molecular weight excluding hydrogens is 256 g/mol. The van der Waals surface area contributed by atoms with Crippen LogP contribution < -0.4 is 10.2 Å². The number of aliphatic hydroxyl groups excluding tert-OH is 1. The molecule has 1 aromatic heterocycles. The summed E-state index contributed by atoms with van der Waals surface area (Å²) in [6.07, 6.45) is 1.97. The van der Waals surface area contributed by atoms with Gasteiger partial charge in [0.05, 0.1) is 13.2 Å². The van der Waals surface area contributed by atoms with Gasteiger partial charge in [-0.2, -0.15) is 0 Å². The van der Waals surface area contributed by atoms with Crippen molar-refractivity contribution in [3.8, 4) is 0 Å². The second-order valence-corrected chi connectivity index (χ2v) is 5.39. The molecule has 0 radical (unpaired) electrons. The maximum absolute atomic E-state index is 9.20. The molecule has 0 amide bonds. The molecular formula is C14H28N4O2. The van der Waals surface area contributed by atoms with Gasteiger partial charge in [0.2, 0.25) is 5.89 Å². The van der Waals surface area contributed by atoms with E-state index in [9.17, 15) is 5.11 Å². The molecule has 0 atom stereocenters. The third-order valence-electron chi connectivity index (χ3n) is 3.25. The fourth-order valence-corrected chi connectivity index (χ4v) is 2.17. The Morgan fingerprint density at radius 2 is 1.95 bits per heavy atom. The molecule has 1 aromatic rings. The van der Waals surface area contributed by atoms with E-state index in [1.807, 2.05) is 4.90 Å². The highest BCUT2D eigenvalue weighted by Gasteiger charge is 2.20. The zero-order valence-corrected chi connectivity index (χ0v) is 13.1. The minimum absolute atomic E-state index is 0.0831. The second-order valence-electron chi connectivity index (χ2n) is 5.39. The van der Waals surface area contributed by atoms with E-state index >= 15 is 0 Å². The molecule has 0 saturated heterocycles. The van der Waals surface area contributed by atoms with Gasteiger partial charge in [-0.3, -0.25) is 0 Å². The summed E-state index contributed by atoms with van der Waals surface area (Å²) < 4.78 is 5.69. The second kappa shape index (κ2) is 8.92. The fraction of sp³-hybridized carbons (Fsp3) is 0.857. The topological polar surface area (TPSA) is 74.4 Å². The van der Waals surface area contributed by atoms with E-state index in [4.69, 9.17) is 4.42 Å². The van der Waals surface area contributed by atoms with E-state index in [-0.39, 0.29) is 6.61 Å². The number of rotatable bonds is 10. The Labute approximate surface area is 121 Å². The van der Waals surface area contributed by atoms with Crippen molar-refractivity contribution in [1.82, 2.24) is 15.5 Å². The molecule has 6 nitrogen and oxygen atoms in total. The van der Waals surface area contributed by atoms with Gasteiger partial charge in [0, 0.05) is 12.6 Å². The third kappa shape index (κ3) is 5.09. The van der Waals surface area contributed by atoms with Crippen molar-refractivity contribution in [2.24, 2.45) is 5.92 Å². The van der Waals surface area contributed by atoms with Gasteiger partial charge in [-0.1, -0.05) is 32.8 Å². The summed E-state index contributed by atoms with van der Waals surface area (Å²) in [6, 6.07) is 0.827. The van der Waals surface area contributed by atoms with Crippen LogP contribution in [-0.2, 0) is 6.54 Å². The summed E-state index contributed by atoms with van der Waals surface area (Å²) in [4.78, 5) is 2.00. The number of anilines is 1. The normalized spacial score (nSPS) is 11.6. The summed E-state index contributed by atoms with van der Waals surface area (Å²) in [5.74, 6) is 1.18. The molecule has 20 heavy (non-hydrogen) atoms. The maximum atomic E-state index is 9.20. The lowest BCUT2D eigenvalue weighted by molar-refractivity contribution is 0.290. The van der Waals surface area contributed by atoms with Crippen molar-refractivity contribution >= 4 is 6.01 Å². The van der Waals surface area contributed by atoms with Crippen LogP contribution in [0.1, 0.15) is 46.4 Å². The van der Waals surface area contributed by atoms with Crippen molar-refractivity contribution in [2.75, 3.05) is 24.6 Å². The SMILES string of the molecule is CCC(CC)N(CCO)c1nnc(CNCC(C)C)o1. The lowest BCUT2D eigenvalue weighted by atomic mass is 10.1. The van der Waals surface area contributed by atoms with Crippen LogP contribution in [0.5, 0.6) is 0 Å². The van der Waals surface area contributed by atoms with Gasteiger partial charge in [0.25, 0.3) is 0 Å². The van der Waals surface area contributed by atoms with Crippen molar-refractivity contribution in [2.45, 2.75) is 53.1 Å². The predicted molar refractivity (Wildman–Crippen MR) is 79.6 cm³/mol. The molecule has 0 bridgehead atoms. The Balaban J connectivity index is 2.65. The number of nitrogens with zero attached hydrogens (tertiary/aromatic N) is 3. The molecule has 0 fully saturated rings. The molecule has 1 heterocycles. The zero-order valence-electron chi connectivity index (χ0n) is 13.1. The molecule has 1 rings (SSSR count). The summed E-state index contributed by atoms with van der Waals surface area (Å²) in [5.41, 5.74) is 0. The number of hydrogen-bond acceptors (Lipinski definition) is 6. The Morgan fingerprint density at radius 1 is 1.25 bits per heavy atom. The molecule has 0 unspecified atom stereocenters. The largest absolute Gasteiger partial charge is 0.407 e. The van der Waals surface area contributed by atoms with Gasteiger partial charge in [0.1, 0.15) is 0 Å². The molecule has 6 heteroatoms. The molecule has 0 spiro atoms. The van der Waals surface area contributed by atoms with E-state index in [1.54, 1.807) is 0 Å². The number of nitrogens with one attached hydrogen (secondary N) is 1. The Morgan fingerprint density at radius 3 is 2.50 bits per heavy atom. The van der Waals surface area contributed by atoms with Crippen LogP contribution in [0.15, 0.2) is 4.42 Å². The highest BCUT2D eigenvalue weighted by Crippen LogP contribution is 2.18. The van der Waals surface area contributed by atoms with E-state index in [0.29, 0.717) is 37.0 Å². The molecule has 0 aliphatic heterocycles. The first-order chi connectivity index (χ1) is 9.62. The zero-order chi connectivity index (χ0) is 15.0. The van der Waals surface area contributed by atoms with Gasteiger partial charge in [-0.05, 0) is 25.3 Å². The monoisotopic (exact) mass is 284 g/mol. The Kier molecular flexibility index (Phi) is 7.54. The highest BCUT2D eigenvalue weighted by molar-refractivity contribution is 5.26. The smallest absolute Gasteiger partial charge is 0.318 e. The minimum atomic E-state index is 0.0831. The van der Waals surface area contributed by atoms with Gasteiger partial charge in [-0.15, -0.1) is 5.10 Å². The van der Waals surface area contributed by atoms with Gasteiger partial charge < -0.3 is 19.7 Å². The third-order valence-corrected chi connectivity index (χ3v) is 3.25. The van der Waals surface area contributed by atoms with Crippen LogP contribution in [0.2, 0.25) is 0 Å². The summed E-state index contributed by atoms with van der Waals surface area (Å²) >= 11 is 0.